The zero-order chi connectivity index (χ0) is 15.7. The van der Waals surface area contributed by atoms with Gasteiger partial charge in [-0.05, 0) is 0 Å². The Morgan fingerprint density at radius 2 is 1.67 bits per heavy atom. The van der Waals surface area contributed by atoms with Gasteiger partial charge in [0.2, 0.25) is 0 Å². The molecule has 0 spiro atoms. The first-order valence-electron chi connectivity index (χ1n) is 6.44. The van der Waals surface area contributed by atoms with E-state index in [1.165, 1.54) is 25.3 Å². The van der Waals surface area contributed by atoms with Gasteiger partial charge in [-0.1, -0.05) is 0 Å². The number of methoxy groups -OCH3 is 1. The number of hydrogen-bond donors (Lipinski definition) is 1. The van der Waals surface area contributed by atoms with E-state index in [-0.39, 0.29) is 41.7 Å². The van der Waals surface area contributed by atoms with Gasteiger partial charge < -0.3 is 24.8 Å². The van der Waals surface area contributed by atoms with Crippen LogP contribution in [0, 0.1) is 0 Å². The molecule has 24 heavy (non-hydrogen) atoms. The van der Waals surface area contributed by atoms with Gasteiger partial charge in [0.05, 0.1) is 0 Å². The number of halogens is 2. The van der Waals surface area contributed by atoms with E-state index in [9.17, 15) is 9.90 Å². The van der Waals surface area contributed by atoms with E-state index in [1.54, 1.807) is 24.3 Å². The molecule has 5 nitrogen and oxygen atoms in total. The first-order chi connectivity index (χ1) is 10.6. The van der Waals surface area contributed by atoms with Crippen molar-refractivity contribution in [3.8, 4) is 39.9 Å². The number of aromatic hydroxyl groups is 1. The SMILES string of the molecule is COc1cc2ccc(=O)cc-2oc1-c1ccc(O)c([O][Al+2])c1.[Cl-].[Cl-]. The fraction of sp³-hybridized carbons (Fsp3) is 0.0625. The molecule has 1 aromatic rings. The van der Waals surface area contributed by atoms with E-state index >= 15 is 0 Å². The largest absolute Gasteiger partial charge is 1.00 e. The molecule has 0 bridgehead atoms. The van der Waals surface area contributed by atoms with Crippen molar-refractivity contribution in [2.75, 3.05) is 7.11 Å². The van der Waals surface area contributed by atoms with Gasteiger partial charge in [-0.3, -0.25) is 0 Å². The molecule has 1 heterocycles. The quantitative estimate of drug-likeness (QED) is 0.479. The molecule has 122 valence electrons. The monoisotopic (exact) mass is 380 g/mol. The van der Waals surface area contributed by atoms with Crippen molar-refractivity contribution in [1.29, 1.82) is 0 Å². The van der Waals surface area contributed by atoms with Crippen LogP contribution in [0.5, 0.6) is 17.2 Å². The van der Waals surface area contributed by atoms with E-state index in [4.69, 9.17) is 12.9 Å². The molecule has 0 atom stereocenters. The summed E-state index contributed by atoms with van der Waals surface area (Å²) in [7, 11) is 1.54. The summed E-state index contributed by atoms with van der Waals surface area (Å²) in [5, 5.41) is 9.67. The van der Waals surface area contributed by atoms with Gasteiger partial charge in [-0.25, -0.2) is 0 Å². The Hall–Kier alpha value is -1.84. The standard InChI is InChI=1S/C16H12O5.Al.2ClH/c1-20-15-7-9-2-4-11(17)8-14(9)21-16(15)10-3-5-12(18)13(19)6-10;;;/h2-8,18-19H,1H3;;2*1H/q;+3;;/p-3. The van der Waals surface area contributed by atoms with Gasteiger partial charge in [0.1, 0.15) is 0 Å². The Balaban J connectivity index is 0.00000144. The normalized spacial score (nSPS) is 9.79. The third kappa shape index (κ3) is 3.80. The van der Waals surface area contributed by atoms with E-state index in [0.717, 1.165) is 5.56 Å². The van der Waals surface area contributed by atoms with Crippen molar-refractivity contribution < 1.29 is 42.9 Å². The predicted molar refractivity (Wildman–Crippen MR) is 81.6 cm³/mol. The fourth-order valence-corrected chi connectivity index (χ4v) is 2.38. The van der Waals surface area contributed by atoms with Crippen LogP contribution in [0.3, 0.4) is 0 Å². The van der Waals surface area contributed by atoms with Gasteiger partial charge >= 0.3 is 134 Å². The van der Waals surface area contributed by atoms with Gasteiger partial charge in [-0.2, -0.15) is 0 Å². The molecular formula is C16H11AlCl2O5. The molecule has 1 aromatic carbocycles. The van der Waals surface area contributed by atoms with Crippen LogP contribution >= 0.6 is 0 Å². The summed E-state index contributed by atoms with van der Waals surface area (Å²) >= 11 is 2.08. The molecule has 8 heteroatoms. The first-order valence-corrected chi connectivity index (χ1v) is 6.91. The van der Waals surface area contributed by atoms with E-state index in [2.05, 4.69) is 16.6 Å². The van der Waals surface area contributed by atoms with Crippen molar-refractivity contribution in [3.63, 3.8) is 0 Å². The zero-order valence-electron chi connectivity index (χ0n) is 12.5. The Kier molecular flexibility index (Phi) is 7.00. The van der Waals surface area contributed by atoms with Gasteiger partial charge in [0.15, 0.2) is 0 Å². The first kappa shape index (κ1) is 20.2. The average Bonchev–Trinajstić information content (AvgIpc) is 2.54. The van der Waals surface area contributed by atoms with E-state index in [1.807, 2.05) is 0 Å². The van der Waals surface area contributed by atoms with E-state index in [0.29, 0.717) is 22.8 Å². The summed E-state index contributed by atoms with van der Waals surface area (Å²) in [6.45, 7) is 0. The summed E-state index contributed by atoms with van der Waals surface area (Å²) in [5.41, 5.74) is 1.29. The van der Waals surface area contributed by atoms with Crippen LogP contribution in [-0.2, 0) is 0 Å². The third-order valence-corrected chi connectivity index (χ3v) is 3.53. The second-order valence-electron chi connectivity index (χ2n) is 4.64. The summed E-state index contributed by atoms with van der Waals surface area (Å²) in [5.74, 6) is 1.73. The molecule has 0 radical (unpaired) electrons. The Morgan fingerprint density at radius 3 is 2.33 bits per heavy atom. The van der Waals surface area contributed by atoms with Crippen LogP contribution in [0.4, 0.5) is 0 Å². The third-order valence-electron chi connectivity index (χ3n) is 3.28. The van der Waals surface area contributed by atoms with Gasteiger partial charge in [-0.15, -0.1) is 0 Å². The minimum absolute atomic E-state index is 0. The second kappa shape index (κ2) is 8.32. The van der Waals surface area contributed by atoms with Crippen molar-refractivity contribution in [3.05, 3.63) is 52.7 Å². The number of phenols is 1. The number of fused-ring (bicyclic) bond motifs is 1. The smallest absolute Gasteiger partial charge is 1.00 e. The maximum atomic E-state index is 11.5. The average molecular weight is 381 g/mol. The maximum Gasteiger partial charge on any atom is -1.00 e. The van der Waals surface area contributed by atoms with Crippen molar-refractivity contribution >= 4 is 16.6 Å². The van der Waals surface area contributed by atoms with Gasteiger partial charge in [0, 0.05) is 0 Å². The molecule has 2 aliphatic rings. The van der Waals surface area contributed by atoms with Crippen LogP contribution in [0.15, 0.2) is 51.7 Å². The zero-order valence-corrected chi connectivity index (χ0v) is 15.1. The molecule has 0 saturated heterocycles. The predicted octanol–water partition coefficient (Wildman–Crippen LogP) is -3.40. The summed E-state index contributed by atoms with van der Waals surface area (Å²) in [4.78, 5) is 11.5. The minimum Gasteiger partial charge on any atom is -1.00 e. The molecule has 1 aliphatic carbocycles. The van der Waals surface area contributed by atoms with Gasteiger partial charge in [0.25, 0.3) is 0 Å². The Bertz CT molecular complexity index is 865. The Labute approximate surface area is 159 Å². The topological polar surface area (TPSA) is 68.9 Å². The van der Waals surface area contributed by atoms with Crippen LogP contribution in [0.1, 0.15) is 0 Å². The summed E-state index contributed by atoms with van der Waals surface area (Å²) in [6, 6.07) is 11.2. The van der Waals surface area contributed by atoms with E-state index < -0.39 is 0 Å². The Morgan fingerprint density at radius 1 is 1.00 bits per heavy atom. The van der Waals surface area contributed by atoms with Crippen LogP contribution in [-0.4, -0.2) is 28.8 Å². The molecule has 0 aromatic heterocycles. The molecule has 0 amide bonds. The molecule has 3 rings (SSSR count). The van der Waals surface area contributed by atoms with Crippen LogP contribution in [0.2, 0.25) is 0 Å². The summed E-state index contributed by atoms with van der Waals surface area (Å²) < 4.78 is 16.2. The summed E-state index contributed by atoms with van der Waals surface area (Å²) in [6.07, 6.45) is 0. The van der Waals surface area contributed by atoms with Crippen LogP contribution in [0.25, 0.3) is 22.6 Å². The van der Waals surface area contributed by atoms with Crippen molar-refractivity contribution in [2.45, 2.75) is 0 Å². The van der Waals surface area contributed by atoms with Crippen LogP contribution < -0.4 is 38.8 Å². The van der Waals surface area contributed by atoms with Crippen molar-refractivity contribution in [2.24, 2.45) is 0 Å². The second-order valence-corrected chi connectivity index (χ2v) is 4.88. The number of phenolic OH excluding ortho intramolecular Hbond substituents is 1. The number of hydrogen-bond acceptors (Lipinski definition) is 5. The van der Waals surface area contributed by atoms with Crippen molar-refractivity contribution in [1.82, 2.24) is 0 Å². The molecular weight excluding hydrogens is 370 g/mol. The molecule has 0 unspecified atom stereocenters. The maximum absolute atomic E-state index is 11.5. The number of benzene rings is 2. The molecule has 0 fully saturated rings. The molecule has 1 N–H and O–H groups in total. The number of rotatable bonds is 3. The fourth-order valence-electron chi connectivity index (χ4n) is 2.19. The number of ether oxygens (including phenoxy) is 1. The molecule has 0 saturated carbocycles. The molecule has 1 aliphatic heterocycles. The minimum atomic E-state index is -0.132.